The van der Waals surface area contributed by atoms with Crippen molar-refractivity contribution < 1.29 is 9.59 Å². The summed E-state index contributed by atoms with van der Waals surface area (Å²) in [4.78, 5) is 30.0. The van der Waals surface area contributed by atoms with Crippen molar-refractivity contribution in [2.75, 3.05) is 0 Å². The van der Waals surface area contributed by atoms with Gasteiger partial charge < -0.3 is 0 Å². The van der Waals surface area contributed by atoms with Crippen molar-refractivity contribution in [3.8, 4) is 0 Å². The molecule has 1 aromatic carbocycles. The second-order valence-corrected chi connectivity index (χ2v) is 5.50. The third-order valence-electron chi connectivity index (χ3n) is 3.24. The Bertz CT molecular complexity index is 686. The van der Waals surface area contributed by atoms with Gasteiger partial charge in [-0.1, -0.05) is 28.1 Å². The van der Waals surface area contributed by atoms with Crippen LogP contribution in [0.25, 0.3) is 0 Å². The molecule has 3 rings (SSSR count). The molecular formula is C15H11BrN2O2. The third kappa shape index (κ3) is 2.36. The van der Waals surface area contributed by atoms with Crippen LogP contribution in [-0.4, -0.2) is 21.7 Å². The van der Waals surface area contributed by atoms with Crippen LogP contribution in [0.15, 0.2) is 47.1 Å². The Labute approximate surface area is 124 Å². The highest BCUT2D eigenvalue weighted by Gasteiger charge is 2.31. The Morgan fingerprint density at radius 1 is 1.20 bits per heavy atom. The van der Waals surface area contributed by atoms with Gasteiger partial charge in [0.25, 0.3) is 5.91 Å². The molecule has 0 radical (unpaired) electrons. The monoisotopic (exact) mass is 330 g/mol. The number of hydrogen-bond acceptors (Lipinski definition) is 3. The number of benzene rings is 1. The Kier molecular flexibility index (Phi) is 3.36. The molecule has 0 bridgehead atoms. The SMILES string of the molecule is O=C1Cc2ccc(Br)cc2C(=O)N1Cc1ccccn1. The van der Waals surface area contributed by atoms with Gasteiger partial charge in [0.2, 0.25) is 5.91 Å². The van der Waals surface area contributed by atoms with Crippen LogP contribution in [0, 0.1) is 0 Å². The highest BCUT2D eigenvalue weighted by molar-refractivity contribution is 9.10. The molecule has 2 heterocycles. The number of rotatable bonds is 2. The highest BCUT2D eigenvalue weighted by Crippen LogP contribution is 2.24. The number of imide groups is 1. The van der Waals surface area contributed by atoms with Crippen LogP contribution < -0.4 is 0 Å². The third-order valence-corrected chi connectivity index (χ3v) is 3.73. The molecule has 1 aliphatic rings. The van der Waals surface area contributed by atoms with Crippen molar-refractivity contribution in [1.29, 1.82) is 0 Å². The molecule has 0 saturated heterocycles. The van der Waals surface area contributed by atoms with E-state index in [4.69, 9.17) is 0 Å². The quantitative estimate of drug-likeness (QED) is 0.795. The summed E-state index contributed by atoms with van der Waals surface area (Å²) in [6.45, 7) is 0.213. The summed E-state index contributed by atoms with van der Waals surface area (Å²) in [5.74, 6) is -0.446. The topological polar surface area (TPSA) is 50.3 Å². The van der Waals surface area contributed by atoms with E-state index < -0.39 is 0 Å². The number of aromatic nitrogens is 1. The van der Waals surface area contributed by atoms with Gasteiger partial charge in [-0.05, 0) is 29.8 Å². The lowest BCUT2D eigenvalue weighted by Gasteiger charge is -2.26. The lowest BCUT2D eigenvalue weighted by Crippen LogP contribution is -2.41. The molecule has 0 saturated carbocycles. The van der Waals surface area contributed by atoms with Crippen LogP contribution in [0.1, 0.15) is 21.6 Å². The van der Waals surface area contributed by atoms with Gasteiger partial charge in [-0.15, -0.1) is 0 Å². The molecule has 2 aromatic rings. The fraction of sp³-hybridized carbons (Fsp3) is 0.133. The van der Waals surface area contributed by atoms with Crippen LogP contribution in [0.4, 0.5) is 0 Å². The van der Waals surface area contributed by atoms with Gasteiger partial charge in [0.15, 0.2) is 0 Å². The Hall–Kier alpha value is -2.01. The molecule has 100 valence electrons. The molecule has 0 N–H and O–H groups in total. The fourth-order valence-corrected chi connectivity index (χ4v) is 2.59. The summed E-state index contributed by atoms with van der Waals surface area (Å²) >= 11 is 3.35. The number of halogens is 1. The number of fused-ring (bicyclic) bond motifs is 1. The van der Waals surface area contributed by atoms with Crippen molar-refractivity contribution >= 4 is 27.7 Å². The van der Waals surface area contributed by atoms with Gasteiger partial charge in [-0.2, -0.15) is 0 Å². The average molecular weight is 331 g/mol. The molecule has 20 heavy (non-hydrogen) atoms. The van der Waals surface area contributed by atoms with E-state index in [2.05, 4.69) is 20.9 Å². The molecule has 2 amide bonds. The Morgan fingerprint density at radius 3 is 2.80 bits per heavy atom. The lowest BCUT2D eigenvalue weighted by molar-refractivity contribution is -0.128. The maximum absolute atomic E-state index is 12.4. The molecule has 0 fully saturated rings. The summed E-state index contributed by atoms with van der Waals surface area (Å²) in [5, 5.41) is 0. The standard InChI is InChI=1S/C15H11BrN2O2/c16-11-5-4-10-7-14(19)18(15(20)13(10)8-11)9-12-3-1-2-6-17-12/h1-6,8H,7,9H2. The van der Waals surface area contributed by atoms with E-state index in [-0.39, 0.29) is 24.8 Å². The first-order valence-corrected chi connectivity index (χ1v) is 6.97. The van der Waals surface area contributed by atoms with Crippen molar-refractivity contribution in [3.63, 3.8) is 0 Å². The summed E-state index contributed by atoms with van der Waals surface area (Å²) in [6, 6.07) is 10.9. The summed E-state index contributed by atoms with van der Waals surface area (Å²) in [5.41, 5.74) is 2.06. The fourth-order valence-electron chi connectivity index (χ4n) is 2.23. The minimum Gasteiger partial charge on any atom is -0.274 e. The first-order valence-electron chi connectivity index (χ1n) is 6.18. The average Bonchev–Trinajstić information content (AvgIpc) is 2.46. The number of carbonyl (C=O) groups excluding carboxylic acids is 2. The molecule has 0 atom stereocenters. The minimum atomic E-state index is -0.261. The van der Waals surface area contributed by atoms with E-state index in [9.17, 15) is 9.59 Å². The van der Waals surface area contributed by atoms with E-state index in [1.165, 1.54) is 4.90 Å². The Balaban J connectivity index is 1.94. The van der Waals surface area contributed by atoms with Crippen LogP contribution >= 0.6 is 15.9 Å². The second-order valence-electron chi connectivity index (χ2n) is 4.58. The summed E-state index contributed by atoms with van der Waals surface area (Å²) in [6.07, 6.45) is 1.90. The number of nitrogens with zero attached hydrogens (tertiary/aromatic N) is 2. The highest BCUT2D eigenvalue weighted by atomic mass is 79.9. The lowest BCUT2D eigenvalue weighted by atomic mass is 9.98. The van der Waals surface area contributed by atoms with Gasteiger partial charge in [0, 0.05) is 16.2 Å². The molecule has 4 nitrogen and oxygen atoms in total. The molecular weight excluding hydrogens is 320 g/mol. The van der Waals surface area contributed by atoms with Crippen LogP contribution in [0.5, 0.6) is 0 Å². The van der Waals surface area contributed by atoms with Gasteiger partial charge in [0.1, 0.15) is 0 Å². The van der Waals surface area contributed by atoms with Crippen LogP contribution in [-0.2, 0) is 17.8 Å². The minimum absolute atomic E-state index is 0.185. The number of pyridine rings is 1. The molecule has 5 heteroatoms. The van der Waals surface area contributed by atoms with Gasteiger partial charge in [-0.3, -0.25) is 19.5 Å². The predicted molar refractivity (Wildman–Crippen MR) is 77.0 cm³/mol. The van der Waals surface area contributed by atoms with E-state index in [0.29, 0.717) is 11.3 Å². The Morgan fingerprint density at radius 2 is 2.05 bits per heavy atom. The van der Waals surface area contributed by atoms with Crippen molar-refractivity contribution in [2.24, 2.45) is 0 Å². The van der Waals surface area contributed by atoms with E-state index in [1.807, 2.05) is 18.2 Å². The predicted octanol–water partition coefficient (Wildman–Crippen LogP) is 2.57. The van der Waals surface area contributed by atoms with E-state index >= 15 is 0 Å². The summed E-state index contributed by atoms with van der Waals surface area (Å²) < 4.78 is 0.830. The normalized spacial score (nSPS) is 14.3. The van der Waals surface area contributed by atoms with Crippen LogP contribution in [0.3, 0.4) is 0 Å². The molecule has 0 aliphatic carbocycles. The smallest absolute Gasteiger partial charge is 0.261 e. The number of hydrogen-bond donors (Lipinski definition) is 0. The second kappa shape index (κ2) is 5.17. The number of amides is 2. The van der Waals surface area contributed by atoms with Crippen molar-refractivity contribution in [2.45, 2.75) is 13.0 Å². The largest absolute Gasteiger partial charge is 0.274 e. The molecule has 1 aromatic heterocycles. The first-order chi connectivity index (χ1) is 9.65. The maximum Gasteiger partial charge on any atom is 0.261 e. The molecule has 0 spiro atoms. The zero-order valence-corrected chi connectivity index (χ0v) is 12.1. The van der Waals surface area contributed by atoms with E-state index in [0.717, 1.165) is 10.0 Å². The van der Waals surface area contributed by atoms with Gasteiger partial charge in [0.05, 0.1) is 18.7 Å². The van der Waals surface area contributed by atoms with Crippen LogP contribution in [0.2, 0.25) is 0 Å². The number of carbonyl (C=O) groups is 2. The maximum atomic E-state index is 12.4. The summed E-state index contributed by atoms with van der Waals surface area (Å²) in [7, 11) is 0. The van der Waals surface area contributed by atoms with Crippen molar-refractivity contribution in [3.05, 3.63) is 63.9 Å². The first kappa shape index (κ1) is 13.0. The van der Waals surface area contributed by atoms with E-state index in [1.54, 1.807) is 24.4 Å². The van der Waals surface area contributed by atoms with Crippen molar-refractivity contribution in [1.82, 2.24) is 9.88 Å². The molecule has 0 unspecified atom stereocenters. The molecule has 1 aliphatic heterocycles. The van der Waals surface area contributed by atoms with Gasteiger partial charge >= 0.3 is 0 Å². The zero-order valence-electron chi connectivity index (χ0n) is 10.5. The zero-order chi connectivity index (χ0) is 14.1. The van der Waals surface area contributed by atoms with Gasteiger partial charge in [-0.25, -0.2) is 0 Å².